The van der Waals surface area contributed by atoms with Gasteiger partial charge in [-0.1, -0.05) is 15.9 Å². The first kappa shape index (κ1) is 14.7. The van der Waals surface area contributed by atoms with Crippen LogP contribution < -0.4 is 5.73 Å². The van der Waals surface area contributed by atoms with E-state index in [2.05, 4.69) is 20.9 Å². The molecule has 2 rings (SSSR count). The molecule has 0 fully saturated rings. The van der Waals surface area contributed by atoms with E-state index in [9.17, 15) is 10.1 Å². The molecule has 1 aromatic carbocycles. The Morgan fingerprint density at radius 1 is 1.55 bits per heavy atom. The van der Waals surface area contributed by atoms with E-state index in [1.54, 1.807) is 18.3 Å². The summed E-state index contributed by atoms with van der Waals surface area (Å²) in [7, 11) is 0. The average Bonchev–Trinajstić information content (AvgIpc) is 2.78. The number of hydrogen-bond donors (Lipinski definition) is 1. The maximum absolute atomic E-state index is 11.1. The number of rotatable bonds is 5. The Hall–Kier alpha value is -1.73. The lowest BCUT2D eigenvalue weighted by molar-refractivity contribution is -0.385. The van der Waals surface area contributed by atoms with Crippen molar-refractivity contribution >= 4 is 21.6 Å². The molecule has 0 radical (unpaired) electrons. The highest BCUT2D eigenvalue weighted by atomic mass is 79.9. The molecule has 0 amide bonds. The van der Waals surface area contributed by atoms with E-state index in [0.717, 1.165) is 5.82 Å². The summed E-state index contributed by atoms with van der Waals surface area (Å²) in [6, 6.07) is 5.05. The zero-order valence-electron chi connectivity index (χ0n) is 11.0. The fraction of sp³-hybridized carbons (Fsp3) is 0.308. The highest BCUT2D eigenvalue weighted by Crippen LogP contribution is 2.24. The molecular weight excluding hydrogens is 324 g/mol. The fourth-order valence-electron chi connectivity index (χ4n) is 1.99. The minimum absolute atomic E-state index is 0.00365. The topological polar surface area (TPSA) is 87.0 Å². The van der Waals surface area contributed by atoms with Crippen LogP contribution in [0.3, 0.4) is 0 Å². The van der Waals surface area contributed by atoms with E-state index in [1.165, 1.54) is 6.07 Å². The van der Waals surface area contributed by atoms with Crippen molar-refractivity contribution < 1.29 is 4.92 Å². The zero-order chi connectivity index (χ0) is 14.7. The van der Waals surface area contributed by atoms with E-state index in [4.69, 9.17) is 5.73 Å². The molecule has 0 spiro atoms. The van der Waals surface area contributed by atoms with Crippen molar-refractivity contribution in [2.75, 3.05) is 0 Å². The van der Waals surface area contributed by atoms with Crippen molar-refractivity contribution in [3.05, 3.63) is 56.6 Å². The van der Waals surface area contributed by atoms with Crippen molar-refractivity contribution in [3.63, 3.8) is 0 Å². The number of nitrogens with zero attached hydrogens (tertiary/aromatic N) is 3. The highest BCUT2D eigenvalue weighted by Gasteiger charge is 2.16. The third-order valence-electron chi connectivity index (χ3n) is 2.89. The maximum atomic E-state index is 11.1. The number of hydrogen-bond acceptors (Lipinski definition) is 4. The molecule has 6 nitrogen and oxygen atoms in total. The van der Waals surface area contributed by atoms with Crippen LogP contribution in [0.15, 0.2) is 35.1 Å². The third kappa shape index (κ3) is 3.43. The maximum Gasteiger partial charge on any atom is 0.275 e. The second kappa shape index (κ2) is 6.15. The molecule has 0 bridgehead atoms. The Morgan fingerprint density at radius 2 is 2.30 bits per heavy atom. The van der Waals surface area contributed by atoms with Crippen molar-refractivity contribution in [2.45, 2.75) is 25.9 Å². The Balaban J connectivity index is 2.31. The summed E-state index contributed by atoms with van der Waals surface area (Å²) in [5.74, 6) is 0.831. The lowest BCUT2D eigenvalue weighted by Crippen LogP contribution is -2.20. The molecule has 20 heavy (non-hydrogen) atoms. The van der Waals surface area contributed by atoms with Gasteiger partial charge < -0.3 is 10.3 Å². The zero-order valence-corrected chi connectivity index (χ0v) is 12.6. The minimum atomic E-state index is -0.373. The van der Waals surface area contributed by atoms with Crippen LogP contribution in [0, 0.1) is 10.1 Å². The minimum Gasteiger partial charge on any atom is -0.330 e. The predicted octanol–water partition coefficient (Wildman–Crippen LogP) is 2.49. The molecule has 2 N–H and O–H groups in total. The number of nitro groups is 1. The second-order valence-electron chi connectivity index (χ2n) is 4.68. The van der Waals surface area contributed by atoms with Crippen LogP contribution >= 0.6 is 15.9 Å². The Kier molecular flexibility index (Phi) is 4.51. The monoisotopic (exact) mass is 338 g/mol. The smallest absolute Gasteiger partial charge is 0.275 e. The van der Waals surface area contributed by atoms with Crippen LogP contribution in [0.25, 0.3) is 0 Å². The number of benzene rings is 1. The Bertz CT molecular complexity index is 625. The van der Waals surface area contributed by atoms with Crippen LogP contribution in [-0.2, 0) is 13.0 Å². The van der Waals surface area contributed by atoms with E-state index < -0.39 is 0 Å². The van der Waals surface area contributed by atoms with E-state index in [1.807, 2.05) is 17.7 Å². The molecule has 2 aromatic rings. The van der Waals surface area contributed by atoms with Gasteiger partial charge in [-0.05, 0) is 19.1 Å². The number of nitrogens with two attached hydrogens (primary N) is 1. The summed E-state index contributed by atoms with van der Waals surface area (Å²) in [5, 5.41) is 11.1. The van der Waals surface area contributed by atoms with Gasteiger partial charge in [-0.25, -0.2) is 4.98 Å². The molecule has 0 saturated carbocycles. The lowest BCUT2D eigenvalue weighted by Gasteiger charge is -2.10. The normalized spacial score (nSPS) is 12.3. The van der Waals surface area contributed by atoms with Crippen LogP contribution in [-0.4, -0.2) is 20.5 Å². The van der Waals surface area contributed by atoms with E-state index in [-0.39, 0.29) is 16.7 Å². The molecule has 1 aromatic heterocycles. The quantitative estimate of drug-likeness (QED) is 0.670. The first-order valence-corrected chi connectivity index (χ1v) is 6.95. The first-order chi connectivity index (χ1) is 9.47. The summed E-state index contributed by atoms with van der Waals surface area (Å²) in [5.41, 5.74) is 6.51. The Morgan fingerprint density at radius 3 is 2.95 bits per heavy atom. The van der Waals surface area contributed by atoms with Crippen molar-refractivity contribution in [1.29, 1.82) is 0 Å². The Labute approximate surface area is 124 Å². The highest BCUT2D eigenvalue weighted by molar-refractivity contribution is 9.10. The SMILES string of the molecule is CC(N)Cc1nccn1Cc1ccc(Br)cc1[N+](=O)[O-]. The molecule has 1 atom stereocenters. The van der Waals surface area contributed by atoms with Crippen molar-refractivity contribution in [2.24, 2.45) is 5.73 Å². The van der Waals surface area contributed by atoms with Crippen molar-refractivity contribution in [3.8, 4) is 0 Å². The van der Waals surface area contributed by atoms with Crippen LogP contribution in [0.1, 0.15) is 18.3 Å². The van der Waals surface area contributed by atoms with Gasteiger partial charge in [0.25, 0.3) is 5.69 Å². The number of aromatic nitrogens is 2. The van der Waals surface area contributed by atoms with Gasteiger partial charge in [-0.2, -0.15) is 0 Å². The van der Waals surface area contributed by atoms with Gasteiger partial charge in [0.1, 0.15) is 5.82 Å². The largest absolute Gasteiger partial charge is 0.330 e. The molecule has 0 aliphatic heterocycles. The molecule has 7 heteroatoms. The average molecular weight is 339 g/mol. The molecule has 0 saturated heterocycles. The molecule has 0 aliphatic carbocycles. The number of imidazole rings is 1. The summed E-state index contributed by atoms with van der Waals surface area (Å²) >= 11 is 3.25. The summed E-state index contributed by atoms with van der Waals surface area (Å²) in [6.07, 6.45) is 4.13. The molecule has 1 unspecified atom stereocenters. The van der Waals surface area contributed by atoms with Gasteiger partial charge in [-0.15, -0.1) is 0 Å². The first-order valence-electron chi connectivity index (χ1n) is 6.15. The lowest BCUT2D eigenvalue weighted by atomic mass is 10.1. The van der Waals surface area contributed by atoms with E-state index >= 15 is 0 Å². The van der Waals surface area contributed by atoms with Gasteiger partial charge in [0.05, 0.1) is 11.5 Å². The van der Waals surface area contributed by atoms with Crippen molar-refractivity contribution in [1.82, 2.24) is 9.55 Å². The molecule has 106 valence electrons. The van der Waals surface area contributed by atoms with E-state index in [0.29, 0.717) is 23.0 Å². The van der Waals surface area contributed by atoms with Gasteiger partial charge in [0, 0.05) is 41.0 Å². The van der Waals surface area contributed by atoms with Gasteiger partial charge in [-0.3, -0.25) is 10.1 Å². The number of nitro benzene ring substituents is 1. The fourth-order valence-corrected chi connectivity index (χ4v) is 2.34. The molecule has 0 aliphatic rings. The van der Waals surface area contributed by atoms with Crippen LogP contribution in [0.4, 0.5) is 5.69 Å². The molecule has 1 heterocycles. The van der Waals surface area contributed by atoms with Gasteiger partial charge in [0.2, 0.25) is 0 Å². The molecular formula is C13H15BrN4O2. The van der Waals surface area contributed by atoms with Crippen LogP contribution in [0.5, 0.6) is 0 Å². The standard InChI is InChI=1S/C13H15BrN4O2/c1-9(15)6-13-16-4-5-17(13)8-10-2-3-11(14)7-12(10)18(19)20/h2-5,7,9H,6,8,15H2,1H3. The second-order valence-corrected chi connectivity index (χ2v) is 5.60. The number of halogens is 1. The summed E-state index contributed by atoms with van der Waals surface area (Å²) in [4.78, 5) is 15.0. The van der Waals surface area contributed by atoms with Crippen LogP contribution in [0.2, 0.25) is 0 Å². The van der Waals surface area contributed by atoms with Gasteiger partial charge in [0.15, 0.2) is 0 Å². The van der Waals surface area contributed by atoms with Gasteiger partial charge >= 0.3 is 0 Å². The summed E-state index contributed by atoms with van der Waals surface area (Å²) < 4.78 is 2.58. The summed E-state index contributed by atoms with van der Waals surface area (Å²) in [6.45, 7) is 2.31. The third-order valence-corrected chi connectivity index (χ3v) is 3.38. The predicted molar refractivity (Wildman–Crippen MR) is 79.5 cm³/mol.